The van der Waals surface area contributed by atoms with Crippen LogP contribution < -0.4 is 0 Å². The fourth-order valence-electron chi connectivity index (χ4n) is 3.98. The zero-order chi connectivity index (χ0) is 22.0. The van der Waals surface area contributed by atoms with Crippen LogP contribution in [0.2, 0.25) is 0 Å². The van der Waals surface area contributed by atoms with E-state index in [2.05, 4.69) is 18.0 Å². The second-order valence-electron chi connectivity index (χ2n) is 7.61. The summed E-state index contributed by atoms with van der Waals surface area (Å²) in [5.41, 5.74) is 4.71. The van der Waals surface area contributed by atoms with Crippen LogP contribution in [0.4, 0.5) is 4.39 Å². The number of oxazole rings is 1. The van der Waals surface area contributed by atoms with Gasteiger partial charge in [0.1, 0.15) is 12.1 Å². The minimum Gasteiger partial charge on any atom is -0.451 e. The van der Waals surface area contributed by atoms with Gasteiger partial charge in [0, 0.05) is 12.2 Å². The number of sulfone groups is 1. The highest BCUT2D eigenvalue weighted by Gasteiger charge is 2.27. The van der Waals surface area contributed by atoms with E-state index in [-0.39, 0.29) is 22.5 Å². The molecule has 0 saturated carbocycles. The first-order chi connectivity index (χ1) is 14.8. The van der Waals surface area contributed by atoms with Crippen molar-refractivity contribution >= 4 is 9.84 Å². The van der Waals surface area contributed by atoms with Crippen LogP contribution in [0.15, 0.2) is 94.8 Å². The Morgan fingerprint density at radius 1 is 0.935 bits per heavy atom. The third-order valence-corrected chi connectivity index (χ3v) is 6.67. The lowest BCUT2D eigenvalue weighted by atomic mass is 9.78. The maximum atomic E-state index is 13.5. The van der Waals surface area contributed by atoms with E-state index in [9.17, 15) is 12.8 Å². The van der Waals surface area contributed by atoms with Crippen molar-refractivity contribution in [3.63, 3.8) is 0 Å². The number of halogens is 1. The molecule has 4 rings (SSSR count). The molecular weight excluding hydrogens is 413 g/mol. The zero-order valence-corrected chi connectivity index (χ0v) is 18.0. The topological polar surface area (TPSA) is 60.2 Å². The van der Waals surface area contributed by atoms with E-state index < -0.39 is 9.84 Å². The van der Waals surface area contributed by atoms with Crippen molar-refractivity contribution in [2.24, 2.45) is 0 Å². The summed E-state index contributed by atoms with van der Waals surface area (Å²) in [6, 6.07) is 21.4. The van der Waals surface area contributed by atoms with Crippen molar-refractivity contribution in [1.29, 1.82) is 0 Å². The Bertz CT molecular complexity index is 1270. The summed E-state index contributed by atoms with van der Waals surface area (Å²) in [5.74, 6) is -0.446. The lowest BCUT2D eigenvalue weighted by Gasteiger charge is -2.25. The Kier molecular flexibility index (Phi) is 5.74. The fraction of sp³-hybridized carbons (Fsp3) is 0.160. The summed E-state index contributed by atoms with van der Waals surface area (Å²) in [4.78, 5) is 4.66. The van der Waals surface area contributed by atoms with Gasteiger partial charge in [0.05, 0.1) is 10.6 Å². The third kappa shape index (κ3) is 4.44. The highest BCUT2D eigenvalue weighted by molar-refractivity contribution is 7.90. The van der Waals surface area contributed by atoms with E-state index in [1.165, 1.54) is 24.8 Å². The molecular formula is C25H22FNO3S. The van der Waals surface area contributed by atoms with Crippen LogP contribution in [-0.2, 0) is 9.84 Å². The largest absolute Gasteiger partial charge is 0.451 e. The van der Waals surface area contributed by atoms with Crippen molar-refractivity contribution in [3.8, 4) is 11.1 Å². The van der Waals surface area contributed by atoms with Gasteiger partial charge in [-0.15, -0.1) is 0 Å². The Morgan fingerprint density at radius 3 is 2.23 bits per heavy atom. The first-order valence-electron chi connectivity index (χ1n) is 9.87. The van der Waals surface area contributed by atoms with E-state index in [0.29, 0.717) is 0 Å². The monoisotopic (exact) mass is 435 g/mol. The molecule has 0 N–H and O–H groups in total. The van der Waals surface area contributed by atoms with Gasteiger partial charge in [-0.05, 0) is 52.4 Å². The van der Waals surface area contributed by atoms with Crippen LogP contribution in [0.1, 0.15) is 35.6 Å². The summed E-state index contributed by atoms with van der Waals surface area (Å²) in [6.07, 6.45) is 4.21. The number of nitrogens with zero attached hydrogens (tertiary/aromatic N) is 1. The molecule has 0 saturated heterocycles. The first-order valence-corrected chi connectivity index (χ1v) is 11.8. The molecule has 2 unspecified atom stereocenters. The van der Waals surface area contributed by atoms with Gasteiger partial charge in [-0.1, -0.05) is 55.5 Å². The Morgan fingerprint density at radius 2 is 1.61 bits per heavy atom. The predicted molar refractivity (Wildman–Crippen MR) is 118 cm³/mol. The van der Waals surface area contributed by atoms with Gasteiger partial charge >= 0.3 is 0 Å². The summed E-state index contributed by atoms with van der Waals surface area (Å²) < 4.78 is 42.4. The molecule has 0 bridgehead atoms. The van der Waals surface area contributed by atoms with Gasteiger partial charge in [-0.25, -0.2) is 17.8 Å². The second-order valence-corrected chi connectivity index (χ2v) is 9.63. The third-order valence-electron chi connectivity index (χ3n) is 5.54. The van der Waals surface area contributed by atoms with Crippen molar-refractivity contribution in [1.82, 2.24) is 4.98 Å². The van der Waals surface area contributed by atoms with E-state index in [4.69, 9.17) is 4.42 Å². The molecule has 31 heavy (non-hydrogen) atoms. The summed E-state index contributed by atoms with van der Waals surface area (Å²) in [6.45, 7) is 2.10. The smallest absolute Gasteiger partial charge is 0.180 e. The first kappa shape index (κ1) is 21.0. The molecule has 0 aliphatic rings. The quantitative estimate of drug-likeness (QED) is 0.383. The maximum Gasteiger partial charge on any atom is 0.180 e. The average molecular weight is 436 g/mol. The molecule has 1 aromatic heterocycles. The van der Waals surface area contributed by atoms with Gasteiger partial charge in [0.15, 0.2) is 16.2 Å². The number of aromatic nitrogens is 1. The molecule has 4 aromatic rings. The number of rotatable bonds is 6. The van der Waals surface area contributed by atoms with Crippen molar-refractivity contribution in [2.45, 2.75) is 23.7 Å². The van der Waals surface area contributed by atoms with Crippen LogP contribution in [0.5, 0.6) is 0 Å². The molecule has 3 aromatic carbocycles. The average Bonchev–Trinajstić information content (AvgIpc) is 3.29. The molecule has 1 heterocycles. The van der Waals surface area contributed by atoms with E-state index in [1.54, 1.807) is 30.5 Å². The number of hydrogen-bond donors (Lipinski definition) is 0. The van der Waals surface area contributed by atoms with Crippen LogP contribution in [0.25, 0.3) is 11.1 Å². The Hall–Kier alpha value is -3.25. The molecule has 0 radical (unpaired) electrons. The maximum absolute atomic E-state index is 13.5. The molecule has 2 atom stereocenters. The summed E-state index contributed by atoms with van der Waals surface area (Å²) in [5, 5.41) is 0. The minimum absolute atomic E-state index is 0.0126. The van der Waals surface area contributed by atoms with Gasteiger partial charge < -0.3 is 4.42 Å². The van der Waals surface area contributed by atoms with Gasteiger partial charge in [0.2, 0.25) is 0 Å². The molecule has 6 heteroatoms. The van der Waals surface area contributed by atoms with Crippen LogP contribution in [0.3, 0.4) is 0 Å². The standard InChI is InChI=1S/C25H22FNO3S/c1-17(25(24-15-30-16-27-24)19-7-11-20(26)12-8-19)22-5-3-4-6-23(22)18-9-13-21(14-10-18)31(2,28)29/h3-17,25H,1-2H3. The second kappa shape index (κ2) is 8.47. The van der Waals surface area contributed by atoms with E-state index in [1.807, 2.05) is 30.3 Å². The fourth-order valence-corrected chi connectivity index (χ4v) is 4.61. The van der Waals surface area contributed by atoms with Crippen LogP contribution in [-0.4, -0.2) is 19.7 Å². The number of hydrogen-bond acceptors (Lipinski definition) is 4. The van der Waals surface area contributed by atoms with Crippen LogP contribution in [0, 0.1) is 5.82 Å². The van der Waals surface area contributed by atoms with Gasteiger partial charge in [-0.3, -0.25) is 0 Å². The molecule has 0 aliphatic carbocycles. The van der Waals surface area contributed by atoms with Crippen molar-refractivity contribution in [2.75, 3.05) is 6.26 Å². The molecule has 158 valence electrons. The van der Waals surface area contributed by atoms with Crippen molar-refractivity contribution < 1.29 is 17.2 Å². The normalized spacial score (nSPS) is 13.6. The Labute approximate surface area is 181 Å². The Balaban J connectivity index is 1.79. The lowest BCUT2D eigenvalue weighted by Crippen LogP contribution is -2.12. The van der Waals surface area contributed by atoms with Gasteiger partial charge in [0.25, 0.3) is 0 Å². The SMILES string of the molecule is CC(c1ccccc1-c1ccc(S(C)(=O)=O)cc1)C(c1ccc(F)cc1)c1cocn1. The van der Waals surface area contributed by atoms with Gasteiger partial charge in [-0.2, -0.15) is 0 Å². The van der Waals surface area contributed by atoms with E-state index >= 15 is 0 Å². The minimum atomic E-state index is -3.26. The summed E-state index contributed by atoms with van der Waals surface area (Å²) in [7, 11) is -3.26. The van der Waals surface area contributed by atoms with Crippen molar-refractivity contribution in [3.05, 3.63) is 108 Å². The highest BCUT2D eigenvalue weighted by Crippen LogP contribution is 2.41. The zero-order valence-electron chi connectivity index (χ0n) is 17.2. The molecule has 0 amide bonds. The lowest BCUT2D eigenvalue weighted by molar-refractivity contribution is 0.552. The number of benzene rings is 3. The predicted octanol–water partition coefficient (Wildman–Crippen LogP) is 5.82. The highest BCUT2D eigenvalue weighted by atomic mass is 32.2. The van der Waals surface area contributed by atoms with Crippen LogP contribution >= 0.6 is 0 Å². The molecule has 0 spiro atoms. The molecule has 0 fully saturated rings. The molecule has 0 aliphatic heterocycles. The molecule has 4 nitrogen and oxygen atoms in total. The summed E-state index contributed by atoms with van der Waals surface area (Å²) >= 11 is 0. The van der Waals surface area contributed by atoms with E-state index in [0.717, 1.165) is 27.9 Å².